The van der Waals surface area contributed by atoms with Gasteiger partial charge in [-0.3, -0.25) is 0 Å². The van der Waals surface area contributed by atoms with Crippen molar-refractivity contribution in [2.24, 2.45) is 11.3 Å². The van der Waals surface area contributed by atoms with Gasteiger partial charge in [0.2, 0.25) is 0 Å². The fourth-order valence-corrected chi connectivity index (χ4v) is 5.07. The average Bonchev–Trinajstić information content (AvgIpc) is 3.22. The number of hydrogen-bond acceptors (Lipinski definition) is 0. The SMILES string of the molecule is C=CCCC(C)(C1C=CC=C1C)C1c2ccccc2-c2ccccc21. The Balaban J connectivity index is 1.91. The largest absolute Gasteiger partial charge is 0.103 e. The van der Waals surface area contributed by atoms with Gasteiger partial charge >= 0.3 is 0 Å². The second-order valence-electron chi connectivity index (χ2n) is 7.71. The first kappa shape index (κ1) is 16.1. The van der Waals surface area contributed by atoms with Crippen molar-refractivity contribution in [3.8, 4) is 11.1 Å². The number of fused-ring (bicyclic) bond motifs is 3. The molecule has 2 atom stereocenters. The maximum Gasteiger partial charge on any atom is 0.0164 e. The van der Waals surface area contributed by atoms with Crippen LogP contribution in [-0.4, -0.2) is 0 Å². The summed E-state index contributed by atoms with van der Waals surface area (Å²) >= 11 is 0. The maximum atomic E-state index is 3.99. The lowest BCUT2D eigenvalue weighted by molar-refractivity contribution is 0.207. The summed E-state index contributed by atoms with van der Waals surface area (Å²) in [6.45, 7) is 8.76. The molecule has 2 aliphatic rings. The van der Waals surface area contributed by atoms with E-state index in [2.05, 4.69) is 93.3 Å². The normalized spacial score (nSPS) is 20.7. The van der Waals surface area contributed by atoms with Gasteiger partial charge in [0.15, 0.2) is 0 Å². The molecular weight excluding hydrogens is 300 g/mol. The molecule has 0 nitrogen and oxygen atoms in total. The average molecular weight is 326 g/mol. The Hall–Kier alpha value is -2.34. The highest BCUT2D eigenvalue weighted by Gasteiger charge is 2.46. The minimum absolute atomic E-state index is 0.143. The quantitative estimate of drug-likeness (QED) is 0.524. The van der Waals surface area contributed by atoms with E-state index in [-0.39, 0.29) is 5.41 Å². The van der Waals surface area contributed by atoms with Crippen LogP contribution in [0.25, 0.3) is 11.1 Å². The van der Waals surface area contributed by atoms with Gasteiger partial charge in [-0.2, -0.15) is 0 Å². The van der Waals surface area contributed by atoms with Crippen LogP contribution in [0.3, 0.4) is 0 Å². The third-order valence-electron chi connectivity index (χ3n) is 6.24. The molecule has 126 valence electrons. The van der Waals surface area contributed by atoms with Gasteiger partial charge in [-0.05, 0) is 47.4 Å². The molecule has 0 spiro atoms. The van der Waals surface area contributed by atoms with Crippen LogP contribution in [0.15, 0.2) is 85.0 Å². The third kappa shape index (κ3) is 2.43. The zero-order valence-corrected chi connectivity index (χ0v) is 15.2. The van der Waals surface area contributed by atoms with Crippen LogP contribution in [0.4, 0.5) is 0 Å². The second kappa shape index (κ2) is 6.19. The molecule has 0 saturated heterocycles. The fourth-order valence-electron chi connectivity index (χ4n) is 5.07. The lowest BCUT2D eigenvalue weighted by Crippen LogP contribution is -2.33. The van der Waals surface area contributed by atoms with Crippen molar-refractivity contribution in [2.45, 2.75) is 32.6 Å². The Morgan fingerprint density at radius 3 is 2.12 bits per heavy atom. The predicted octanol–water partition coefficient (Wildman–Crippen LogP) is 6.90. The topological polar surface area (TPSA) is 0 Å². The van der Waals surface area contributed by atoms with E-state index >= 15 is 0 Å². The van der Waals surface area contributed by atoms with Crippen molar-refractivity contribution in [3.05, 3.63) is 96.1 Å². The number of rotatable bonds is 5. The number of hydrogen-bond donors (Lipinski definition) is 0. The lowest BCUT2D eigenvalue weighted by atomic mass is 9.61. The van der Waals surface area contributed by atoms with E-state index in [0.717, 1.165) is 12.8 Å². The van der Waals surface area contributed by atoms with Gasteiger partial charge in [-0.1, -0.05) is 85.3 Å². The van der Waals surface area contributed by atoms with Crippen LogP contribution in [0.1, 0.15) is 43.7 Å². The highest BCUT2D eigenvalue weighted by molar-refractivity contribution is 5.79. The van der Waals surface area contributed by atoms with Crippen LogP contribution < -0.4 is 0 Å². The molecule has 0 fully saturated rings. The van der Waals surface area contributed by atoms with Crippen molar-refractivity contribution in [2.75, 3.05) is 0 Å². The Morgan fingerprint density at radius 1 is 1.00 bits per heavy atom. The third-order valence-corrected chi connectivity index (χ3v) is 6.24. The summed E-state index contributed by atoms with van der Waals surface area (Å²) in [7, 11) is 0. The molecule has 2 aromatic rings. The monoisotopic (exact) mass is 326 g/mol. The number of allylic oxidation sites excluding steroid dienone is 5. The zero-order chi connectivity index (χ0) is 17.4. The van der Waals surface area contributed by atoms with E-state index < -0.39 is 0 Å². The van der Waals surface area contributed by atoms with Crippen LogP contribution in [0, 0.1) is 11.3 Å². The Morgan fingerprint density at radius 2 is 1.60 bits per heavy atom. The molecule has 2 aliphatic carbocycles. The standard InChI is InChI=1S/C25H26/c1-4-5-17-25(3,23-16-10-11-18(23)2)24-21-14-8-6-12-19(21)20-13-7-9-15-22(20)24/h4,6-16,23-24H,1,5,17H2,2-3H3. The molecule has 0 heterocycles. The maximum absolute atomic E-state index is 3.99. The van der Waals surface area contributed by atoms with E-state index in [0.29, 0.717) is 11.8 Å². The molecule has 0 heteroatoms. The van der Waals surface area contributed by atoms with E-state index in [9.17, 15) is 0 Å². The van der Waals surface area contributed by atoms with Gasteiger partial charge in [-0.15, -0.1) is 6.58 Å². The van der Waals surface area contributed by atoms with Gasteiger partial charge < -0.3 is 0 Å². The van der Waals surface area contributed by atoms with Crippen LogP contribution in [0.2, 0.25) is 0 Å². The molecule has 4 rings (SSSR count). The molecule has 0 radical (unpaired) electrons. The summed E-state index contributed by atoms with van der Waals surface area (Å²) in [6, 6.07) is 18.0. The summed E-state index contributed by atoms with van der Waals surface area (Å²) in [4.78, 5) is 0. The van der Waals surface area contributed by atoms with Gasteiger partial charge in [0, 0.05) is 11.8 Å². The molecule has 2 aromatic carbocycles. The summed E-state index contributed by atoms with van der Waals surface area (Å²) in [6.07, 6.45) is 11.2. The molecule has 0 amide bonds. The van der Waals surface area contributed by atoms with E-state index in [4.69, 9.17) is 0 Å². The van der Waals surface area contributed by atoms with Crippen molar-refractivity contribution < 1.29 is 0 Å². The molecule has 0 aromatic heterocycles. The van der Waals surface area contributed by atoms with Gasteiger partial charge in [0.1, 0.15) is 0 Å². The van der Waals surface area contributed by atoms with Crippen LogP contribution in [0.5, 0.6) is 0 Å². The molecule has 0 aliphatic heterocycles. The van der Waals surface area contributed by atoms with E-state index in [1.807, 2.05) is 0 Å². The first-order valence-corrected chi connectivity index (χ1v) is 9.31. The van der Waals surface area contributed by atoms with Gasteiger partial charge in [0.05, 0.1) is 0 Å². The van der Waals surface area contributed by atoms with Crippen molar-refractivity contribution in [1.29, 1.82) is 0 Å². The molecule has 0 N–H and O–H groups in total. The molecule has 25 heavy (non-hydrogen) atoms. The summed E-state index contributed by atoms with van der Waals surface area (Å²) in [5.74, 6) is 0.910. The summed E-state index contributed by atoms with van der Waals surface area (Å²) in [5.41, 5.74) is 7.43. The fraction of sp³-hybridized carbons (Fsp3) is 0.280. The number of benzene rings is 2. The minimum atomic E-state index is 0.143. The zero-order valence-electron chi connectivity index (χ0n) is 15.2. The molecule has 2 unspecified atom stereocenters. The first-order chi connectivity index (χ1) is 12.2. The molecule has 0 saturated carbocycles. The smallest absolute Gasteiger partial charge is 0.0164 e. The summed E-state index contributed by atoms with van der Waals surface area (Å²) in [5, 5.41) is 0. The van der Waals surface area contributed by atoms with Crippen molar-refractivity contribution in [1.82, 2.24) is 0 Å². The summed E-state index contributed by atoms with van der Waals surface area (Å²) < 4.78 is 0. The predicted molar refractivity (Wildman–Crippen MR) is 108 cm³/mol. The molecule has 0 bridgehead atoms. The second-order valence-corrected chi connectivity index (χ2v) is 7.71. The Labute approximate surface area is 151 Å². The molecular formula is C25H26. The highest BCUT2D eigenvalue weighted by atomic mass is 14.5. The van der Waals surface area contributed by atoms with Crippen LogP contribution >= 0.6 is 0 Å². The van der Waals surface area contributed by atoms with Crippen LogP contribution in [-0.2, 0) is 0 Å². The van der Waals surface area contributed by atoms with Crippen molar-refractivity contribution >= 4 is 0 Å². The minimum Gasteiger partial charge on any atom is -0.103 e. The first-order valence-electron chi connectivity index (χ1n) is 9.31. The Kier molecular flexibility index (Phi) is 4.00. The highest BCUT2D eigenvalue weighted by Crippen LogP contribution is 2.58. The van der Waals surface area contributed by atoms with Crippen molar-refractivity contribution in [3.63, 3.8) is 0 Å². The Bertz CT molecular complexity index is 822. The lowest BCUT2D eigenvalue weighted by Gasteiger charge is -2.42. The van der Waals surface area contributed by atoms with Gasteiger partial charge in [-0.25, -0.2) is 0 Å². The van der Waals surface area contributed by atoms with E-state index in [1.54, 1.807) is 0 Å². The van der Waals surface area contributed by atoms with E-state index in [1.165, 1.54) is 27.8 Å². The van der Waals surface area contributed by atoms with Gasteiger partial charge in [0.25, 0.3) is 0 Å².